The molecule has 0 spiro atoms. The molecule has 0 unspecified atom stereocenters. The van der Waals surface area contributed by atoms with Crippen molar-refractivity contribution in [3.63, 3.8) is 0 Å². The molecular weight excluding hydrogens is 334 g/mol. The summed E-state index contributed by atoms with van der Waals surface area (Å²) in [7, 11) is 2.45. The van der Waals surface area contributed by atoms with Gasteiger partial charge in [-0.15, -0.1) is 0 Å². The monoisotopic (exact) mass is 349 g/mol. The smallest absolute Gasteiger partial charge is 0.354 e. The molecule has 0 amide bonds. The van der Waals surface area contributed by atoms with Crippen LogP contribution in [0.5, 0.6) is 0 Å². The molecule has 0 saturated heterocycles. The standard InChI is InChI=1S/C16H16ClN3O4/c1-23-15(21)7-14(16(22)24-2)19-13-5-3-4-11(6-13)9-20-10-12(17)8-18-20/h3-8,10,19H,9H2,1-2H3/b14-7+. The van der Waals surface area contributed by atoms with Crippen molar-refractivity contribution in [3.8, 4) is 0 Å². The van der Waals surface area contributed by atoms with E-state index in [1.54, 1.807) is 23.1 Å². The third-order valence-corrected chi connectivity index (χ3v) is 3.22. The summed E-state index contributed by atoms with van der Waals surface area (Å²) in [5.74, 6) is -1.34. The highest BCUT2D eigenvalue weighted by atomic mass is 35.5. The summed E-state index contributed by atoms with van der Waals surface area (Å²) in [5, 5.41) is 7.52. The van der Waals surface area contributed by atoms with E-state index in [-0.39, 0.29) is 5.70 Å². The van der Waals surface area contributed by atoms with E-state index in [1.165, 1.54) is 14.2 Å². The average Bonchev–Trinajstić information content (AvgIpc) is 2.98. The number of carbonyl (C=O) groups excluding carboxylic acids is 2. The summed E-state index contributed by atoms with van der Waals surface area (Å²) in [6.45, 7) is 0.510. The van der Waals surface area contributed by atoms with Gasteiger partial charge in [0.2, 0.25) is 0 Å². The van der Waals surface area contributed by atoms with Gasteiger partial charge in [-0.2, -0.15) is 5.10 Å². The van der Waals surface area contributed by atoms with Gasteiger partial charge in [0.25, 0.3) is 0 Å². The second kappa shape index (κ2) is 8.16. The second-order valence-electron chi connectivity index (χ2n) is 4.75. The van der Waals surface area contributed by atoms with Crippen LogP contribution in [-0.2, 0) is 25.6 Å². The highest BCUT2D eigenvalue weighted by Crippen LogP contribution is 2.15. The summed E-state index contributed by atoms with van der Waals surface area (Å²) in [4.78, 5) is 23.1. The van der Waals surface area contributed by atoms with Crippen molar-refractivity contribution in [3.05, 3.63) is 59.0 Å². The summed E-state index contributed by atoms with van der Waals surface area (Å²) in [6.07, 6.45) is 4.29. The zero-order valence-corrected chi connectivity index (χ0v) is 13.9. The minimum absolute atomic E-state index is 0.0244. The Morgan fingerprint density at radius 2 is 2.12 bits per heavy atom. The minimum atomic E-state index is -0.676. The lowest BCUT2D eigenvalue weighted by molar-refractivity contribution is -0.138. The van der Waals surface area contributed by atoms with E-state index in [1.807, 2.05) is 18.2 Å². The Balaban J connectivity index is 2.18. The highest BCUT2D eigenvalue weighted by Gasteiger charge is 2.13. The Morgan fingerprint density at radius 3 is 2.75 bits per heavy atom. The van der Waals surface area contributed by atoms with Gasteiger partial charge in [-0.25, -0.2) is 9.59 Å². The maximum absolute atomic E-state index is 11.8. The second-order valence-corrected chi connectivity index (χ2v) is 5.19. The molecule has 8 heteroatoms. The first kappa shape index (κ1) is 17.6. The predicted octanol–water partition coefficient (Wildman–Crippen LogP) is 2.23. The Kier molecular flexibility index (Phi) is 5.97. The van der Waals surface area contributed by atoms with Crippen LogP contribution in [0.2, 0.25) is 5.02 Å². The number of hydrogen-bond acceptors (Lipinski definition) is 6. The molecule has 1 aromatic heterocycles. The van der Waals surface area contributed by atoms with Crippen LogP contribution >= 0.6 is 11.6 Å². The van der Waals surface area contributed by atoms with Gasteiger partial charge in [0.1, 0.15) is 5.70 Å². The number of nitrogens with one attached hydrogen (secondary N) is 1. The van der Waals surface area contributed by atoms with Gasteiger partial charge in [0, 0.05) is 11.9 Å². The van der Waals surface area contributed by atoms with E-state index in [2.05, 4.69) is 19.9 Å². The molecule has 1 heterocycles. The lowest BCUT2D eigenvalue weighted by Crippen LogP contribution is -2.15. The quantitative estimate of drug-likeness (QED) is 0.636. The molecule has 2 aromatic rings. The fraction of sp³-hybridized carbons (Fsp3) is 0.188. The van der Waals surface area contributed by atoms with Gasteiger partial charge < -0.3 is 14.8 Å². The molecule has 0 aliphatic heterocycles. The number of anilines is 1. The molecule has 1 N–H and O–H groups in total. The molecule has 0 aliphatic rings. The summed E-state index contributed by atoms with van der Waals surface area (Å²) in [6, 6.07) is 7.30. The van der Waals surface area contributed by atoms with Crippen LogP contribution in [-0.4, -0.2) is 35.9 Å². The van der Waals surface area contributed by atoms with Crippen molar-refractivity contribution in [2.24, 2.45) is 0 Å². The average molecular weight is 350 g/mol. The van der Waals surface area contributed by atoms with E-state index >= 15 is 0 Å². The number of benzene rings is 1. The van der Waals surface area contributed by atoms with Crippen LogP contribution in [0.4, 0.5) is 5.69 Å². The van der Waals surface area contributed by atoms with Crippen LogP contribution in [0.15, 0.2) is 48.4 Å². The van der Waals surface area contributed by atoms with Crippen LogP contribution in [0.3, 0.4) is 0 Å². The Hall–Kier alpha value is -2.80. The van der Waals surface area contributed by atoms with Gasteiger partial charge in [0.05, 0.1) is 38.1 Å². The van der Waals surface area contributed by atoms with Crippen molar-refractivity contribution >= 4 is 29.2 Å². The topological polar surface area (TPSA) is 82.5 Å². The predicted molar refractivity (Wildman–Crippen MR) is 88.5 cm³/mol. The van der Waals surface area contributed by atoms with E-state index < -0.39 is 11.9 Å². The molecule has 24 heavy (non-hydrogen) atoms. The number of aromatic nitrogens is 2. The first-order valence-corrected chi connectivity index (χ1v) is 7.31. The number of nitrogens with zero attached hydrogens (tertiary/aromatic N) is 2. The van der Waals surface area contributed by atoms with E-state index in [0.29, 0.717) is 17.3 Å². The summed E-state index contributed by atoms with van der Waals surface area (Å²) >= 11 is 5.84. The highest BCUT2D eigenvalue weighted by molar-refractivity contribution is 6.30. The van der Waals surface area contributed by atoms with Crippen LogP contribution in [0.1, 0.15) is 5.56 Å². The molecule has 2 rings (SSSR count). The van der Waals surface area contributed by atoms with E-state index in [9.17, 15) is 9.59 Å². The minimum Gasteiger partial charge on any atom is -0.466 e. The maximum Gasteiger partial charge on any atom is 0.354 e. The number of methoxy groups -OCH3 is 2. The number of rotatable bonds is 6. The third-order valence-electron chi connectivity index (χ3n) is 3.02. The fourth-order valence-electron chi connectivity index (χ4n) is 1.95. The van der Waals surface area contributed by atoms with Gasteiger partial charge >= 0.3 is 11.9 Å². The van der Waals surface area contributed by atoms with Crippen molar-refractivity contribution in [1.82, 2.24) is 9.78 Å². The first-order chi connectivity index (χ1) is 11.5. The van der Waals surface area contributed by atoms with Crippen molar-refractivity contribution < 1.29 is 19.1 Å². The largest absolute Gasteiger partial charge is 0.466 e. The maximum atomic E-state index is 11.8. The Labute approximate surface area is 143 Å². The SMILES string of the molecule is COC(=O)/C=C(/Nc1cccc(Cn2cc(Cl)cn2)c1)C(=O)OC. The third kappa shape index (κ3) is 4.85. The molecule has 126 valence electrons. The van der Waals surface area contributed by atoms with Crippen molar-refractivity contribution in [1.29, 1.82) is 0 Å². The molecule has 0 radical (unpaired) electrons. The lowest BCUT2D eigenvalue weighted by atomic mass is 10.2. The van der Waals surface area contributed by atoms with Crippen LogP contribution < -0.4 is 5.32 Å². The fourth-order valence-corrected chi connectivity index (χ4v) is 2.10. The summed E-state index contributed by atoms with van der Waals surface area (Å²) < 4.78 is 10.9. The molecular formula is C16H16ClN3O4. The van der Waals surface area contributed by atoms with Gasteiger partial charge in [-0.1, -0.05) is 23.7 Å². The number of halogens is 1. The molecule has 0 atom stereocenters. The van der Waals surface area contributed by atoms with E-state index in [4.69, 9.17) is 11.6 Å². The zero-order chi connectivity index (χ0) is 17.5. The molecule has 1 aromatic carbocycles. The first-order valence-electron chi connectivity index (χ1n) is 6.93. The van der Waals surface area contributed by atoms with Gasteiger partial charge in [-0.3, -0.25) is 4.68 Å². The van der Waals surface area contributed by atoms with E-state index in [0.717, 1.165) is 11.6 Å². The Morgan fingerprint density at radius 1 is 1.33 bits per heavy atom. The number of carbonyl (C=O) groups is 2. The molecule has 0 bridgehead atoms. The van der Waals surface area contributed by atoms with Crippen molar-refractivity contribution in [2.45, 2.75) is 6.54 Å². The zero-order valence-electron chi connectivity index (χ0n) is 13.2. The number of ether oxygens (including phenoxy) is 2. The molecule has 0 saturated carbocycles. The molecule has 0 aliphatic carbocycles. The lowest BCUT2D eigenvalue weighted by Gasteiger charge is -2.10. The normalized spacial score (nSPS) is 11.0. The van der Waals surface area contributed by atoms with Gasteiger partial charge in [-0.05, 0) is 17.7 Å². The van der Waals surface area contributed by atoms with Crippen LogP contribution in [0, 0.1) is 0 Å². The number of hydrogen-bond donors (Lipinski definition) is 1. The Bertz CT molecular complexity index is 770. The van der Waals surface area contributed by atoms with Crippen molar-refractivity contribution in [2.75, 3.05) is 19.5 Å². The van der Waals surface area contributed by atoms with Gasteiger partial charge in [0.15, 0.2) is 0 Å². The molecule has 0 fully saturated rings. The number of esters is 2. The molecule has 7 nitrogen and oxygen atoms in total. The van der Waals surface area contributed by atoms with Crippen LogP contribution in [0.25, 0.3) is 0 Å². The summed E-state index contributed by atoms with van der Waals surface area (Å²) in [5.41, 5.74) is 1.52.